The van der Waals surface area contributed by atoms with E-state index in [9.17, 15) is 5.11 Å². The number of hydrogen-bond acceptors (Lipinski definition) is 3. The Morgan fingerprint density at radius 2 is 2.00 bits per heavy atom. The van der Waals surface area contributed by atoms with E-state index in [1.807, 2.05) is 20.2 Å². The molecule has 1 aromatic rings. The largest absolute Gasteiger partial charge is 0.506 e. The average molecular weight is 180 g/mol. The van der Waals surface area contributed by atoms with Gasteiger partial charge in [0.15, 0.2) is 0 Å². The highest BCUT2D eigenvalue weighted by Gasteiger charge is 2.08. The predicted octanol–water partition coefficient (Wildman–Crippen LogP) is 1.60. The number of nitrogens with two attached hydrogens (primary N) is 1. The molecule has 0 fully saturated rings. The number of phenolic OH excluding ortho intramolecular Hbond substituents is 1. The summed E-state index contributed by atoms with van der Waals surface area (Å²) in [7, 11) is 4.02. The Kier molecular flexibility index (Phi) is 2.78. The summed E-state index contributed by atoms with van der Waals surface area (Å²) < 4.78 is 0. The highest BCUT2D eigenvalue weighted by molar-refractivity contribution is 5.53. The first-order chi connectivity index (χ1) is 6.02. The number of hydrogen-bond donors (Lipinski definition) is 2. The lowest BCUT2D eigenvalue weighted by molar-refractivity contribution is 0.321. The first-order valence-electron chi connectivity index (χ1n) is 4.27. The minimum atomic E-state index is 0.148. The summed E-state index contributed by atoms with van der Waals surface area (Å²) in [5.74, 6) is 0.148. The van der Waals surface area contributed by atoms with Crippen LogP contribution in [0.1, 0.15) is 18.5 Å². The quantitative estimate of drug-likeness (QED) is 0.537. The van der Waals surface area contributed by atoms with Gasteiger partial charge in [-0.25, -0.2) is 0 Å². The summed E-state index contributed by atoms with van der Waals surface area (Å²) in [6.45, 7) is 2.09. The van der Waals surface area contributed by atoms with Crippen LogP contribution in [-0.2, 0) is 0 Å². The van der Waals surface area contributed by atoms with Crippen molar-refractivity contribution < 1.29 is 5.11 Å². The number of anilines is 1. The van der Waals surface area contributed by atoms with Gasteiger partial charge in [0.2, 0.25) is 0 Å². The van der Waals surface area contributed by atoms with Gasteiger partial charge in [-0.05, 0) is 38.7 Å². The molecular formula is C10H16N2O. The van der Waals surface area contributed by atoms with E-state index in [1.54, 1.807) is 12.1 Å². The van der Waals surface area contributed by atoms with E-state index in [0.29, 0.717) is 11.7 Å². The van der Waals surface area contributed by atoms with Gasteiger partial charge in [-0.15, -0.1) is 0 Å². The monoisotopic (exact) mass is 180 g/mol. The third kappa shape index (κ3) is 2.12. The molecule has 1 rings (SSSR count). The zero-order valence-electron chi connectivity index (χ0n) is 8.28. The zero-order chi connectivity index (χ0) is 10.0. The number of phenols is 1. The summed E-state index contributed by atoms with van der Waals surface area (Å²) >= 11 is 0. The molecule has 0 amide bonds. The average Bonchev–Trinajstić information content (AvgIpc) is 2.08. The number of rotatable bonds is 2. The van der Waals surface area contributed by atoms with E-state index in [2.05, 4.69) is 11.8 Å². The molecule has 3 nitrogen and oxygen atoms in total. The van der Waals surface area contributed by atoms with E-state index in [1.165, 1.54) is 0 Å². The van der Waals surface area contributed by atoms with Crippen molar-refractivity contribution in [2.75, 3.05) is 19.8 Å². The van der Waals surface area contributed by atoms with Gasteiger partial charge >= 0.3 is 0 Å². The summed E-state index contributed by atoms with van der Waals surface area (Å²) in [6, 6.07) is 5.63. The van der Waals surface area contributed by atoms with E-state index in [-0.39, 0.29) is 5.75 Å². The molecule has 0 aliphatic rings. The van der Waals surface area contributed by atoms with Crippen molar-refractivity contribution in [3.8, 4) is 5.75 Å². The van der Waals surface area contributed by atoms with Gasteiger partial charge in [0.25, 0.3) is 0 Å². The molecule has 0 saturated carbocycles. The fraction of sp³-hybridized carbons (Fsp3) is 0.400. The Morgan fingerprint density at radius 1 is 1.38 bits per heavy atom. The smallest absolute Gasteiger partial charge is 0.138 e. The highest BCUT2D eigenvalue weighted by atomic mass is 16.3. The molecule has 0 aliphatic carbocycles. The molecule has 0 heterocycles. The van der Waals surface area contributed by atoms with Crippen molar-refractivity contribution in [1.29, 1.82) is 0 Å². The Labute approximate surface area is 78.8 Å². The van der Waals surface area contributed by atoms with E-state index < -0.39 is 0 Å². The second-order valence-corrected chi connectivity index (χ2v) is 3.46. The molecule has 0 spiro atoms. The maximum absolute atomic E-state index is 9.23. The minimum absolute atomic E-state index is 0.148. The van der Waals surface area contributed by atoms with Gasteiger partial charge < -0.3 is 15.7 Å². The molecular weight excluding hydrogens is 164 g/mol. The number of benzene rings is 1. The van der Waals surface area contributed by atoms with Crippen LogP contribution < -0.4 is 5.73 Å². The predicted molar refractivity (Wildman–Crippen MR) is 54.6 cm³/mol. The molecule has 0 aliphatic heterocycles. The molecule has 3 N–H and O–H groups in total. The third-order valence-electron chi connectivity index (χ3n) is 2.31. The summed E-state index contributed by atoms with van der Waals surface area (Å²) in [5, 5.41) is 9.23. The van der Waals surface area contributed by atoms with Gasteiger partial charge in [0, 0.05) is 6.04 Å². The van der Waals surface area contributed by atoms with Crippen molar-refractivity contribution in [3.63, 3.8) is 0 Å². The fourth-order valence-electron chi connectivity index (χ4n) is 1.13. The Hall–Kier alpha value is -1.22. The SMILES string of the molecule is CC(c1ccc(O)c(N)c1)N(C)C. The highest BCUT2D eigenvalue weighted by Crippen LogP contribution is 2.25. The minimum Gasteiger partial charge on any atom is -0.506 e. The lowest BCUT2D eigenvalue weighted by Gasteiger charge is -2.20. The van der Waals surface area contributed by atoms with Gasteiger partial charge in [-0.3, -0.25) is 0 Å². The van der Waals surface area contributed by atoms with E-state index >= 15 is 0 Å². The second-order valence-electron chi connectivity index (χ2n) is 3.46. The van der Waals surface area contributed by atoms with Crippen LogP contribution in [-0.4, -0.2) is 24.1 Å². The third-order valence-corrected chi connectivity index (χ3v) is 2.31. The number of aromatic hydroxyl groups is 1. The van der Waals surface area contributed by atoms with Crippen molar-refractivity contribution in [2.45, 2.75) is 13.0 Å². The normalized spacial score (nSPS) is 13.2. The van der Waals surface area contributed by atoms with Crippen LogP contribution in [0.4, 0.5) is 5.69 Å². The second kappa shape index (κ2) is 3.66. The Balaban J connectivity index is 2.97. The molecule has 72 valence electrons. The molecule has 13 heavy (non-hydrogen) atoms. The molecule has 0 saturated heterocycles. The molecule has 0 radical (unpaired) electrons. The van der Waals surface area contributed by atoms with Crippen LogP contribution in [0.15, 0.2) is 18.2 Å². The lowest BCUT2D eigenvalue weighted by Crippen LogP contribution is -2.16. The number of nitrogen functional groups attached to an aromatic ring is 1. The fourth-order valence-corrected chi connectivity index (χ4v) is 1.13. The molecule has 0 aromatic heterocycles. The molecule has 1 aromatic carbocycles. The maximum Gasteiger partial charge on any atom is 0.138 e. The van der Waals surface area contributed by atoms with Crippen LogP contribution in [0.25, 0.3) is 0 Å². The van der Waals surface area contributed by atoms with Crippen molar-refractivity contribution in [1.82, 2.24) is 4.90 Å². The van der Waals surface area contributed by atoms with Gasteiger partial charge in [-0.2, -0.15) is 0 Å². The lowest BCUT2D eigenvalue weighted by atomic mass is 10.1. The first kappa shape index (κ1) is 9.86. The van der Waals surface area contributed by atoms with Crippen LogP contribution in [0.5, 0.6) is 5.75 Å². The van der Waals surface area contributed by atoms with Gasteiger partial charge in [0.05, 0.1) is 5.69 Å². The summed E-state index contributed by atoms with van der Waals surface area (Å²) in [6.07, 6.45) is 0. The van der Waals surface area contributed by atoms with Crippen molar-refractivity contribution in [3.05, 3.63) is 23.8 Å². The Morgan fingerprint density at radius 3 is 2.46 bits per heavy atom. The molecule has 1 unspecified atom stereocenters. The van der Waals surface area contributed by atoms with Gasteiger partial charge in [-0.1, -0.05) is 6.07 Å². The molecule has 1 atom stereocenters. The summed E-state index contributed by atoms with van der Waals surface area (Å²) in [5.41, 5.74) is 7.14. The van der Waals surface area contributed by atoms with Crippen LogP contribution in [0.3, 0.4) is 0 Å². The summed E-state index contributed by atoms with van der Waals surface area (Å²) in [4.78, 5) is 2.09. The molecule has 0 bridgehead atoms. The van der Waals surface area contributed by atoms with Crippen molar-refractivity contribution >= 4 is 5.69 Å². The Bertz CT molecular complexity index is 297. The zero-order valence-corrected chi connectivity index (χ0v) is 8.28. The molecule has 3 heteroatoms. The van der Waals surface area contributed by atoms with E-state index in [4.69, 9.17) is 5.73 Å². The van der Waals surface area contributed by atoms with Crippen LogP contribution in [0.2, 0.25) is 0 Å². The van der Waals surface area contributed by atoms with Crippen LogP contribution in [0, 0.1) is 0 Å². The van der Waals surface area contributed by atoms with Gasteiger partial charge in [0.1, 0.15) is 5.75 Å². The number of nitrogens with zero attached hydrogens (tertiary/aromatic N) is 1. The van der Waals surface area contributed by atoms with Crippen LogP contribution >= 0.6 is 0 Å². The van der Waals surface area contributed by atoms with E-state index in [0.717, 1.165) is 5.56 Å². The van der Waals surface area contributed by atoms with Crippen molar-refractivity contribution in [2.24, 2.45) is 0 Å². The topological polar surface area (TPSA) is 49.5 Å². The maximum atomic E-state index is 9.23. The first-order valence-corrected chi connectivity index (χ1v) is 4.27. The standard InChI is InChI=1S/C10H16N2O/c1-7(12(2)3)8-4-5-10(13)9(11)6-8/h4-7,13H,11H2,1-3H3.